The third-order valence-corrected chi connectivity index (χ3v) is 8.41. The smallest absolute Gasteiger partial charge is 0.0641 e. The number of nitrogens with one attached hydrogen (secondary N) is 2. The average molecular weight is 625 g/mol. The van der Waals surface area contributed by atoms with Gasteiger partial charge in [0.15, 0.2) is 0 Å². The van der Waals surface area contributed by atoms with Crippen LogP contribution in [0.25, 0.3) is 0 Å². The SMILES string of the molecule is CC(C)N(CCOCCCCCCOCCN(C(C)C)C1C=CC(Nc2ccccc2)=CC1)c1ccc(Nc2ccccc2)cc1. The fraction of sp³-hybridized carbons (Fsp3) is 0.450. The molecule has 1 atom stereocenters. The van der Waals surface area contributed by atoms with E-state index < -0.39 is 0 Å². The van der Waals surface area contributed by atoms with Gasteiger partial charge < -0.3 is 25.0 Å². The summed E-state index contributed by atoms with van der Waals surface area (Å²) in [5.74, 6) is 0. The van der Waals surface area contributed by atoms with Gasteiger partial charge in [-0.1, -0.05) is 61.4 Å². The lowest BCUT2D eigenvalue weighted by atomic mass is 10.0. The Balaban J connectivity index is 1.02. The van der Waals surface area contributed by atoms with Crippen molar-refractivity contribution in [2.75, 3.05) is 55.1 Å². The molecule has 0 spiro atoms. The first-order valence-corrected chi connectivity index (χ1v) is 17.3. The lowest BCUT2D eigenvalue weighted by Gasteiger charge is -2.34. The van der Waals surface area contributed by atoms with Crippen molar-refractivity contribution < 1.29 is 9.47 Å². The Hall–Kier alpha value is -3.58. The van der Waals surface area contributed by atoms with Crippen LogP contribution in [0.15, 0.2) is 109 Å². The lowest BCUT2D eigenvalue weighted by Crippen LogP contribution is -2.42. The number of allylic oxidation sites excluding steroid dienone is 1. The van der Waals surface area contributed by atoms with Gasteiger partial charge in [-0.15, -0.1) is 0 Å². The van der Waals surface area contributed by atoms with Gasteiger partial charge in [-0.3, -0.25) is 4.90 Å². The molecule has 6 heteroatoms. The molecule has 3 aromatic carbocycles. The normalized spacial score (nSPS) is 14.6. The molecule has 0 bridgehead atoms. The van der Waals surface area contributed by atoms with E-state index in [0.717, 1.165) is 75.8 Å². The molecule has 0 fully saturated rings. The van der Waals surface area contributed by atoms with Crippen LogP contribution < -0.4 is 15.5 Å². The number of ether oxygens (including phenoxy) is 2. The molecular formula is C40H56N4O2. The quantitative estimate of drug-likeness (QED) is 0.115. The number of hydrogen-bond acceptors (Lipinski definition) is 6. The molecule has 0 heterocycles. The van der Waals surface area contributed by atoms with E-state index in [-0.39, 0.29) is 0 Å². The number of rotatable bonds is 21. The second-order valence-electron chi connectivity index (χ2n) is 12.6. The van der Waals surface area contributed by atoms with Gasteiger partial charge in [-0.05, 0) is 102 Å². The van der Waals surface area contributed by atoms with Gasteiger partial charge in [0.1, 0.15) is 0 Å². The average Bonchev–Trinajstić information content (AvgIpc) is 3.07. The van der Waals surface area contributed by atoms with Crippen LogP contribution in [0.3, 0.4) is 0 Å². The van der Waals surface area contributed by atoms with Gasteiger partial charge in [0, 0.05) is 72.9 Å². The van der Waals surface area contributed by atoms with Crippen LogP contribution in [-0.4, -0.2) is 62.5 Å². The van der Waals surface area contributed by atoms with Crippen molar-refractivity contribution in [1.29, 1.82) is 0 Å². The van der Waals surface area contributed by atoms with Crippen LogP contribution in [-0.2, 0) is 9.47 Å². The molecule has 1 unspecified atom stereocenters. The van der Waals surface area contributed by atoms with E-state index in [1.807, 2.05) is 24.3 Å². The van der Waals surface area contributed by atoms with Gasteiger partial charge in [0.2, 0.25) is 0 Å². The lowest BCUT2D eigenvalue weighted by molar-refractivity contribution is 0.0780. The van der Waals surface area contributed by atoms with Crippen LogP contribution in [0.2, 0.25) is 0 Å². The minimum Gasteiger partial charge on any atom is -0.380 e. The number of hydrogen-bond donors (Lipinski definition) is 2. The summed E-state index contributed by atoms with van der Waals surface area (Å²) in [4.78, 5) is 4.95. The molecule has 4 rings (SSSR count). The van der Waals surface area contributed by atoms with Crippen molar-refractivity contribution in [3.05, 3.63) is 109 Å². The third kappa shape index (κ3) is 12.3. The molecule has 3 aromatic rings. The molecule has 248 valence electrons. The maximum Gasteiger partial charge on any atom is 0.0641 e. The van der Waals surface area contributed by atoms with Crippen LogP contribution in [0, 0.1) is 0 Å². The Morgan fingerprint density at radius 1 is 0.630 bits per heavy atom. The highest BCUT2D eigenvalue weighted by Crippen LogP contribution is 2.23. The summed E-state index contributed by atoms with van der Waals surface area (Å²) in [5, 5.41) is 6.96. The molecule has 46 heavy (non-hydrogen) atoms. The number of para-hydroxylation sites is 2. The largest absolute Gasteiger partial charge is 0.380 e. The summed E-state index contributed by atoms with van der Waals surface area (Å²) in [6.07, 6.45) is 12.4. The van der Waals surface area contributed by atoms with Crippen LogP contribution in [0.4, 0.5) is 22.7 Å². The first-order valence-electron chi connectivity index (χ1n) is 17.3. The second kappa shape index (κ2) is 19.8. The van der Waals surface area contributed by atoms with E-state index in [1.54, 1.807) is 0 Å². The fourth-order valence-electron chi connectivity index (χ4n) is 5.85. The summed E-state index contributed by atoms with van der Waals surface area (Å²) in [6.45, 7) is 14.1. The van der Waals surface area contributed by atoms with E-state index in [4.69, 9.17) is 9.47 Å². The molecule has 0 saturated carbocycles. The minimum atomic E-state index is 0.412. The maximum atomic E-state index is 6.04. The topological polar surface area (TPSA) is 49.0 Å². The van der Waals surface area contributed by atoms with Crippen molar-refractivity contribution in [1.82, 2.24) is 4.90 Å². The zero-order chi connectivity index (χ0) is 32.4. The molecule has 6 nitrogen and oxygen atoms in total. The predicted molar refractivity (Wildman–Crippen MR) is 196 cm³/mol. The summed E-state index contributed by atoms with van der Waals surface area (Å²) < 4.78 is 12.1. The summed E-state index contributed by atoms with van der Waals surface area (Å²) >= 11 is 0. The zero-order valence-corrected chi connectivity index (χ0v) is 28.5. The van der Waals surface area contributed by atoms with Crippen molar-refractivity contribution in [3.8, 4) is 0 Å². The summed E-state index contributed by atoms with van der Waals surface area (Å²) in [5.41, 5.74) is 5.72. The van der Waals surface area contributed by atoms with E-state index in [1.165, 1.54) is 24.2 Å². The Bertz CT molecular complexity index is 1290. The fourth-order valence-corrected chi connectivity index (χ4v) is 5.85. The number of benzene rings is 3. The van der Waals surface area contributed by atoms with Crippen molar-refractivity contribution >= 4 is 22.7 Å². The van der Waals surface area contributed by atoms with E-state index >= 15 is 0 Å². The molecule has 0 amide bonds. The molecule has 2 N–H and O–H groups in total. The van der Waals surface area contributed by atoms with Gasteiger partial charge >= 0.3 is 0 Å². The first-order chi connectivity index (χ1) is 22.5. The highest BCUT2D eigenvalue weighted by Gasteiger charge is 2.20. The molecular weight excluding hydrogens is 568 g/mol. The number of anilines is 4. The molecule has 1 aliphatic carbocycles. The van der Waals surface area contributed by atoms with E-state index in [9.17, 15) is 0 Å². The summed E-state index contributed by atoms with van der Waals surface area (Å²) in [7, 11) is 0. The molecule has 0 radical (unpaired) electrons. The van der Waals surface area contributed by atoms with Gasteiger partial charge in [-0.2, -0.15) is 0 Å². The van der Waals surface area contributed by atoms with E-state index in [2.05, 4.69) is 127 Å². The molecule has 0 aromatic heterocycles. The van der Waals surface area contributed by atoms with Gasteiger partial charge in [0.05, 0.1) is 13.2 Å². The van der Waals surface area contributed by atoms with Crippen molar-refractivity contribution in [2.24, 2.45) is 0 Å². The van der Waals surface area contributed by atoms with Crippen LogP contribution in [0.5, 0.6) is 0 Å². The molecule has 0 aliphatic heterocycles. The highest BCUT2D eigenvalue weighted by atomic mass is 16.5. The Morgan fingerprint density at radius 2 is 1.20 bits per heavy atom. The predicted octanol–water partition coefficient (Wildman–Crippen LogP) is 9.27. The van der Waals surface area contributed by atoms with Gasteiger partial charge in [0.25, 0.3) is 0 Å². The summed E-state index contributed by atoms with van der Waals surface area (Å²) in [6, 6.07) is 30.6. The third-order valence-electron chi connectivity index (χ3n) is 8.41. The standard InChI is InChI=1S/C40H56N4O2/c1-33(2)43(39-23-19-37(20-24-39)41-35-15-9-7-10-16-35)27-31-45-29-13-5-6-14-30-46-32-28-44(34(3)4)40-25-21-38(22-26-40)42-36-17-11-8-12-18-36/h7-12,15-25,33-34,40-42H,5-6,13-14,26-32H2,1-4H3. The minimum absolute atomic E-state index is 0.412. The van der Waals surface area contributed by atoms with Crippen molar-refractivity contribution in [3.63, 3.8) is 0 Å². The monoisotopic (exact) mass is 624 g/mol. The zero-order valence-electron chi connectivity index (χ0n) is 28.5. The maximum absolute atomic E-state index is 6.04. The Kier molecular flexibility index (Phi) is 15.2. The van der Waals surface area contributed by atoms with Crippen LogP contribution >= 0.6 is 0 Å². The second-order valence-corrected chi connectivity index (χ2v) is 12.6. The molecule has 0 saturated heterocycles. The van der Waals surface area contributed by atoms with Crippen molar-refractivity contribution in [2.45, 2.75) is 77.9 Å². The molecule has 1 aliphatic rings. The first kappa shape index (κ1) is 35.3. The van der Waals surface area contributed by atoms with Crippen LogP contribution in [0.1, 0.15) is 59.8 Å². The Labute approximate surface area is 278 Å². The number of nitrogens with zero attached hydrogens (tertiary/aromatic N) is 2. The van der Waals surface area contributed by atoms with Gasteiger partial charge in [-0.25, -0.2) is 0 Å². The number of unbranched alkanes of at least 4 members (excludes halogenated alkanes) is 3. The Morgan fingerprint density at radius 3 is 1.74 bits per heavy atom. The highest BCUT2D eigenvalue weighted by molar-refractivity contribution is 5.63. The van der Waals surface area contributed by atoms with E-state index in [0.29, 0.717) is 18.1 Å².